The largest absolute Gasteiger partial charge is 0.443 e. The van der Waals surface area contributed by atoms with Gasteiger partial charge in [-0.1, -0.05) is 18.2 Å². The van der Waals surface area contributed by atoms with Crippen LogP contribution in [0, 0.1) is 0 Å². The van der Waals surface area contributed by atoms with E-state index in [1.807, 2.05) is 45.0 Å². The summed E-state index contributed by atoms with van der Waals surface area (Å²) in [6, 6.07) is 7.05. The number of fused-ring (bicyclic) bond motifs is 1. The summed E-state index contributed by atoms with van der Waals surface area (Å²) in [7, 11) is 0. The normalized spacial score (nSPS) is 18.4. The molecule has 1 heterocycles. The van der Waals surface area contributed by atoms with Crippen LogP contribution in [0.25, 0.3) is 0 Å². The maximum absolute atomic E-state index is 12.1. The average Bonchev–Trinajstić information content (AvgIpc) is 2.64. The maximum atomic E-state index is 12.1. The first-order valence-electron chi connectivity index (χ1n) is 5.98. The summed E-state index contributed by atoms with van der Waals surface area (Å²) in [5.74, 6) is 0. The Hall–Kier alpha value is -1.84. The van der Waals surface area contributed by atoms with E-state index in [0.29, 0.717) is 6.42 Å². The zero-order valence-electron chi connectivity index (χ0n) is 10.8. The van der Waals surface area contributed by atoms with Gasteiger partial charge < -0.3 is 9.53 Å². The fourth-order valence-electron chi connectivity index (χ4n) is 2.07. The summed E-state index contributed by atoms with van der Waals surface area (Å²) in [5.41, 5.74) is 1.20. The van der Waals surface area contributed by atoms with Gasteiger partial charge in [0.25, 0.3) is 0 Å². The Bertz CT molecular complexity index is 476. The number of aldehydes is 1. The lowest BCUT2D eigenvalue weighted by Gasteiger charge is -2.27. The number of carbonyl (C=O) groups excluding carboxylic acids is 2. The SMILES string of the molecule is CC(C)(C)OC(=O)N1c2ccccc2C[C@H]1C=O. The van der Waals surface area contributed by atoms with E-state index in [4.69, 9.17) is 4.74 Å². The molecule has 1 amide bonds. The molecule has 0 saturated heterocycles. The molecule has 0 fully saturated rings. The van der Waals surface area contributed by atoms with Crippen LogP contribution in [0.5, 0.6) is 0 Å². The van der Waals surface area contributed by atoms with E-state index in [9.17, 15) is 9.59 Å². The minimum atomic E-state index is -0.567. The predicted octanol–water partition coefficient (Wildman–Crippen LogP) is 2.55. The molecular weight excluding hydrogens is 230 g/mol. The Morgan fingerprint density at radius 1 is 1.39 bits per heavy atom. The van der Waals surface area contributed by atoms with Crippen LogP contribution in [0.15, 0.2) is 24.3 Å². The van der Waals surface area contributed by atoms with E-state index in [1.54, 1.807) is 0 Å². The fraction of sp³-hybridized carbons (Fsp3) is 0.429. The standard InChI is InChI=1S/C14H17NO3/c1-14(2,3)18-13(17)15-11(9-16)8-10-6-4-5-7-12(10)15/h4-7,9,11H,8H2,1-3H3/t11-/m0/s1. The molecule has 1 aromatic carbocycles. The molecule has 0 spiro atoms. The quantitative estimate of drug-likeness (QED) is 0.716. The van der Waals surface area contributed by atoms with Crippen LogP contribution >= 0.6 is 0 Å². The van der Waals surface area contributed by atoms with Crippen LogP contribution in [0.1, 0.15) is 26.3 Å². The lowest BCUT2D eigenvalue weighted by Crippen LogP contribution is -2.42. The highest BCUT2D eigenvalue weighted by Crippen LogP contribution is 2.32. The van der Waals surface area contributed by atoms with E-state index in [1.165, 1.54) is 4.90 Å². The zero-order valence-corrected chi connectivity index (χ0v) is 10.8. The monoisotopic (exact) mass is 247 g/mol. The lowest BCUT2D eigenvalue weighted by molar-refractivity contribution is -0.108. The molecule has 1 aromatic rings. The van der Waals surface area contributed by atoms with Gasteiger partial charge in [-0.15, -0.1) is 0 Å². The van der Waals surface area contributed by atoms with E-state index in [2.05, 4.69) is 0 Å². The number of nitrogens with zero attached hydrogens (tertiary/aromatic N) is 1. The van der Waals surface area contributed by atoms with Gasteiger partial charge in [0.15, 0.2) is 0 Å². The molecule has 18 heavy (non-hydrogen) atoms. The van der Waals surface area contributed by atoms with Crippen LogP contribution in [0.2, 0.25) is 0 Å². The number of carbonyl (C=O) groups is 2. The molecule has 0 bridgehead atoms. The number of anilines is 1. The van der Waals surface area contributed by atoms with E-state index in [0.717, 1.165) is 17.5 Å². The van der Waals surface area contributed by atoms with E-state index in [-0.39, 0.29) is 0 Å². The van der Waals surface area contributed by atoms with Crippen molar-refractivity contribution in [1.82, 2.24) is 0 Å². The third-order valence-electron chi connectivity index (χ3n) is 2.76. The molecule has 1 aliphatic rings. The highest BCUT2D eigenvalue weighted by molar-refractivity contribution is 5.95. The third kappa shape index (κ3) is 2.37. The Labute approximate surface area is 107 Å². The smallest absolute Gasteiger partial charge is 0.415 e. The Kier molecular flexibility index (Phi) is 3.11. The number of benzene rings is 1. The second-order valence-electron chi connectivity index (χ2n) is 5.39. The van der Waals surface area contributed by atoms with Gasteiger partial charge >= 0.3 is 6.09 Å². The summed E-state index contributed by atoms with van der Waals surface area (Å²) in [6.07, 6.45) is 0.882. The van der Waals surface area contributed by atoms with Crippen molar-refractivity contribution in [2.45, 2.75) is 38.8 Å². The van der Waals surface area contributed by atoms with Crippen LogP contribution in [-0.4, -0.2) is 24.0 Å². The second kappa shape index (κ2) is 4.44. The Morgan fingerprint density at radius 3 is 2.67 bits per heavy atom. The number of rotatable bonds is 1. The molecule has 1 atom stereocenters. The molecule has 0 saturated carbocycles. The molecule has 4 heteroatoms. The molecule has 0 radical (unpaired) electrons. The number of para-hydroxylation sites is 1. The molecule has 0 aliphatic carbocycles. The van der Waals surface area contributed by atoms with Crippen molar-refractivity contribution < 1.29 is 14.3 Å². The van der Waals surface area contributed by atoms with Gasteiger partial charge in [-0.2, -0.15) is 0 Å². The molecular formula is C14H17NO3. The Morgan fingerprint density at radius 2 is 2.06 bits per heavy atom. The van der Waals surface area contributed by atoms with Crippen molar-refractivity contribution in [3.8, 4) is 0 Å². The number of ether oxygens (including phenoxy) is 1. The zero-order chi connectivity index (χ0) is 13.3. The first kappa shape index (κ1) is 12.6. The van der Waals surface area contributed by atoms with Crippen molar-refractivity contribution >= 4 is 18.1 Å². The number of hydrogen-bond acceptors (Lipinski definition) is 3. The highest BCUT2D eigenvalue weighted by Gasteiger charge is 2.35. The third-order valence-corrected chi connectivity index (χ3v) is 2.76. The summed E-state index contributed by atoms with van der Waals surface area (Å²) in [4.78, 5) is 24.7. The van der Waals surface area contributed by atoms with Gasteiger partial charge in [0, 0.05) is 6.42 Å². The van der Waals surface area contributed by atoms with Gasteiger partial charge in [-0.25, -0.2) is 4.79 Å². The van der Waals surface area contributed by atoms with Crippen molar-refractivity contribution in [2.75, 3.05) is 4.90 Å². The van der Waals surface area contributed by atoms with Crippen molar-refractivity contribution in [3.63, 3.8) is 0 Å². The van der Waals surface area contributed by atoms with E-state index < -0.39 is 17.7 Å². The second-order valence-corrected chi connectivity index (χ2v) is 5.39. The van der Waals surface area contributed by atoms with E-state index >= 15 is 0 Å². The first-order chi connectivity index (χ1) is 8.42. The van der Waals surface area contributed by atoms with Crippen molar-refractivity contribution in [3.05, 3.63) is 29.8 Å². The van der Waals surface area contributed by atoms with Crippen LogP contribution in [0.4, 0.5) is 10.5 Å². The highest BCUT2D eigenvalue weighted by atomic mass is 16.6. The van der Waals surface area contributed by atoms with Crippen LogP contribution in [-0.2, 0) is 16.0 Å². The van der Waals surface area contributed by atoms with Crippen molar-refractivity contribution in [1.29, 1.82) is 0 Å². The molecule has 1 aliphatic heterocycles. The van der Waals surface area contributed by atoms with Gasteiger partial charge in [0.05, 0.1) is 11.7 Å². The number of hydrogen-bond donors (Lipinski definition) is 0. The van der Waals surface area contributed by atoms with Crippen molar-refractivity contribution in [2.24, 2.45) is 0 Å². The minimum absolute atomic E-state index is 0.461. The molecule has 0 aromatic heterocycles. The molecule has 0 N–H and O–H groups in total. The van der Waals surface area contributed by atoms with Gasteiger partial charge in [-0.3, -0.25) is 4.90 Å². The lowest BCUT2D eigenvalue weighted by atomic mass is 10.1. The molecule has 2 rings (SSSR count). The predicted molar refractivity (Wildman–Crippen MR) is 68.7 cm³/mol. The Balaban J connectivity index is 2.30. The number of amides is 1. The fourth-order valence-corrected chi connectivity index (χ4v) is 2.07. The summed E-state index contributed by atoms with van der Waals surface area (Å²) < 4.78 is 5.34. The summed E-state index contributed by atoms with van der Waals surface area (Å²) in [5, 5.41) is 0. The van der Waals surface area contributed by atoms with Crippen LogP contribution in [0.3, 0.4) is 0 Å². The molecule has 4 nitrogen and oxygen atoms in total. The summed E-state index contributed by atoms with van der Waals surface area (Å²) >= 11 is 0. The average molecular weight is 247 g/mol. The first-order valence-corrected chi connectivity index (χ1v) is 5.98. The minimum Gasteiger partial charge on any atom is -0.443 e. The molecule has 96 valence electrons. The van der Waals surface area contributed by atoms with Gasteiger partial charge in [-0.05, 0) is 32.4 Å². The van der Waals surface area contributed by atoms with Gasteiger partial charge in [0.2, 0.25) is 0 Å². The maximum Gasteiger partial charge on any atom is 0.415 e. The van der Waals surface area contributed by atoms with Crippen LogP contribution < -0.4 is 4.90 Å². The van der Waals surface area contributed by atoms with Gasteiger partial charge in [0.1, 0.15) is 11.9 Å². The summed E-state index contributed by atoms with van der Waals surface area (Å²) in [6.45, 7) is 5.42. The molecule has 0 unspecified atom stereocenters. The topological polar surface area (TPSA) is 46.6 Å².